The van der Waals surface area contributed by atoms with E-state index in [1.165, 1.54) is 39.0 Å². The van der Waals surface area contributed by atoms with Crippen LogP contribution in [0.3, 0.4) is 0 Å². The van der Waals surface area contributed by atoms with Crippen molar-refractivity contribution in [2.45, 2.75) is 40.5 Å². The summed E-state index contributed by atoms with van der Waals surface area (Å²) in [5.74, 6) is 0.848. The molecule has 0 nitrogen and oxygen atoms in total. The van der Waals surface area contributed by atoms with Crippen LogP contribution in [0, 0.1) is 19.8 Å². The van der Waals surface area contributed by atoms with Crippen LogP contribution < -0.4 is 0 Å². The first-order chi connectivity index (χ1) is 11.0. The Morgan fingerprint density at radius 3 is 1.65 bits per heavy atom. The van der Waals surface area contributed by atoms with Gasteiger partial charge in [0.15, 0.2) is 0 Å². The third kappa shape index (κ3) is 3.03. The van der Waals surface area contributed by atoms with Crippen LogP contribution in [0.1, 0.15) is 48.9 Å². The lowest BCUT2D eigenvalue weighted by atomic mass is 9.77. The summed E-state index contributed by atoms with van der Waals surface area (Å²) in [6.07, 6.45) is 2.46. The van der Waals surface area contributed by atoms with Crippen molar-refractivity contribution in [2.24, 2.45) is 5.92 Å². The van der Waals surface area contributed by atoms with E-state index in [2.05, 4.69) is 89.2 Å². The van der Waals surface area contributed by atoms with Crippen LogP contribution in [0.4, 0.5) is 0 Å². The number of hydrogen-bond donors (Lipinski definition) is 0. The molecule has 1 atom stereocenters. The highest BCUT2D eigenvalue weighted by atomic mass is 14.3. The first-order valence-electron chi connectivity index (χ1n) is 8.46. The minimum Gasteiger partial charge on any atom is -0.0732 e. The molecule has 23 heavy (non-hydrogen) atoms. The molecule has 1 aliphatic carbocycles. The van der Waals surface area contributed by atoms with Crippen molar-refractivity contribution in [3.8, 4) is 0 Å². The van der Waals surface area contributed by atoms with Crippen LogP contribution in [-0.2, 0) is 0 Å². The van der Waals surface area contributed by atoms with Crippen LogP contribution >= 0.6 is 0 Å². The summed E-state index contributed by atoms with van der Waals surface area (Å²) in [4.78, 5) is 0. The predicted octanol–water partition coefficient (Wildman–Crippen LogP) is 6.35. The van der Waals surface area contributed by atoms with Gasteiger partial charge in [-0.25, -0.2) is 0 Å². The third-order valence-electron chi connectivity index (χ3n) is 5.27. The SMILES string of the molecule is CC1=CC(C(c2cccc(C)c2)c2cccc(C)c2)C(C)=C1C. The average molecular weight is 302 g/mol. The summed E-state index contributed by atoms with van der Waals surface area (Å²) in [7, 11) is 0. The Morgan fingerprint density at radius 1 is 0.739 bits per heavy atom. The lowest BCUT2D eigenvalue weighted by molar-refractivity contribution is 0.655. The first kappa shape index (κ1) is 15.8. The first-order valence-corrected chi connectivity index (χ1v) is 8.46. The lowest BCUT2D eigenvalue weighted by Crippen LogP contribution is -2.13. The molecule has 0 heterocycles. The minimum absolute atomic E-state index is 0.391. The number of aryl methyl sites for hydroxylation is 2. The zero-order chi connectivity index (χ0) is 16.6. The maximum absolute atomic E-state index is 2.46. The van der Waals surface area contributed by atoms with E-state index in [9.17, 15) is 0 Å². The fraction of sp³-hybridized carbons (Fsp3) is 0.304. The Balaban J connectivity index is 2.16. The van der Waals surface area contributed by atoms with Crippen molar-refractivity contribution in [3.63, 3.8) is 0 Å². The molecule has 0 radical (unpaired) electrons. The Labute approximate surface area is 140 Å². The van der Waals surface area contributed by atoms with E-state index < -0.39 is 0 Å². The number of allylic oxidation sites excluding steroid dienone is 4. The normalized spacial score (nSPS) is 17.8. The molecule has 2 aromatic carbocycles. The Hall–Kier alpha value is -2.08. The monoisotopic (exact) mass is 302 g/mol. The summed E-state index contributed by atoms with van der Waals surface area (Å²) in [6, 6.07) is 18.0. The van der Waals surface area contributed by atoms with E-state index in [0.29, 0.717) is 11.8 Å². The van der Waals surface area contributed by atoms with Crippen LogP contribution in [0.25, 0.3) is 0 Å². The maximum atomic E-state index is 2.46. The van der Waals surface area contributed by atoms with Crippen molar-refractivity contribution in [1.82, 2.24) is 0 Å². The molecule has 0 aliphatic heterocycles. The second-order valence-corrected chi connectivity index (χ2v) is 6.99. The maximum Gasteiger partial charge on any atom is 0.0190 e. The molecule has 1 aliphatic rings. The fourth-order valence-electron chi connectivity index (χ4n) is 3.76. The van der Waals surface area contributed by atoms with Gasteiger partial charge in [0.25, 0.3) is 0 Å². The van der Waals surface area contributed by atoms with Crippen LogP contribution in [-0.4, -0.2) is 0 Å². The molecular weight excluding hydrogens is 276 g/mol. The van der Waals surface area contributed by atoms with Crippen molar-refractivity contribution in [3.05, 3.63) is 93.6 Å². The van der Waals surface area contributed by atoms with Gasteiger partial charge in [0.05, 0.1) is 0 Å². The topological polar surface area (TPSA) is 0 Å². The van der Waals surface area contributed by atoms with E-state index in [0.717, 1.165) is 0 Å². The molecule has 0 aromatic heterocycles. The van der Waals surface area contributed by atoms with Gasteiger partial charge in [-0.2, -0.15) is 0 Å². The van der Waals surface area contributed by atoms with Crippen LogP contribution in [0.15, 0.2) is 71.3 Å². The Morgan fingerprint density at radius 2 is 1.26 bits per heavy atom. The zero-order valence-electron chi connectivity index (χ0n) is 14.9. The Kier molecular flexibility index (Phi) is 4.26. The van der Waals surface area contributed by atoms with Crippen molar-refractivity contribution < 1.29 is 0 Å². The van der Waals surface area contributed by atoms with E-state index in [1.807, 2.05) is 0 Å². The van der Waals surface area contributed by atoms with Gasteiger partial charge in [0, 0.05) is 11.8 Å². The van der Waals surface area contributed by atoms with Gasteiger partial charge >= 0.3 is 0 Å². The molecule has 0 spiro atoms. The van der Waals surface area contributed by atoms with Gasteiger partial charge in [-0.05, 0) is 51.3 Å². The average Bonchev–Trinajstić information content (AvgIpc) is 2.76. The predicted molar refractivity (Wildman–Crippen MR) is 99.8 cm³/mol. The third-order valence-corrected chi connectivity index (χ3v) is 5.27. The molecule has 0 bridgehead atoms. The molecule has 0 saturated carbocycles. The molecule has 0 heteroatoms. The molecule has 0 amide bonds. The highest BCUT2D eigenvalue weighted by Crippen LogP contribution is 2.43. The largest absolute Gasteiger partial charge is 0.0732 e. The molecule has 2 aromatic rings. The summed E-state index contributed by atoms with van der Waals surface area (Å²) < 4.78 is 0. The molecule has 0 fully saturated rings. The van der Waals surface area contributed by atoms with Crippen molar-refractivity contribution in [1.29, 1.82) is 0 Å². The summed E-state index contributed by atoms with van der Waals surface area (Å²) in [6.45, 7) is 11.2. The van der Waals surface area contributed by atoms with Gasteiger partial charge in [-0.15, -0.1) is 0 Å². The highest BCUT2D eigenvalue weighted by Gasteiger charge is 2.29. The van der Waals surface area contributed by atoms with Gasteiger partial charge in [0.1, 0.15) is 0 Å². The fourth-order valence-corrected chi connectivity index (χ4v) is 3.76. The van der Waals surface area contributed by atoms with Gasteiger partial charge in [-0.1, -0.05) is 76.9 Å². The second kappa shape index (κ2) is 6.20. The van der Waals surface area contributed by atoms with Gasteiger partial charge in [-0.3, -0.25) is 0 Å². The van der Waals surface area contributed by atoms with Crippen molar-refractivity contribution in [2.75, 3.05) is 0 Å². The van der Waals surface area contributed by atoms with Crippen LogP contribution in [0.2, 0.25) is 0 Å². The summed E-state index contributed by atoms with van der Waals surface area (Å²) in [5.41, 5.74) is 9.89. The quantitative estimate of drug-likeness (QED) is 0.620. The molecule has 0 N–H and O–H groups in total. The van der Waals surface area contributed by atoms with Crippen molar-refractivity contribution >= 4 is 0 Å². The van der Waals surface area contributed by atoms with E-state index >= 15 is 0 Å². The standard InChI is InChI=1S/C23H26/c1-15-8-6-10-20(12-15)23(21-11-7-9-16(2)13-21)22-14-17(3)18(4)19(22)5/h6-14,22-23H,1-5H3. The molecule has 1 unspecified atom stereocenters. The van der Waals surface area contributed by atoms with Gasteiger partial charge in [0.2, 0.25) is 0 Å². The molecule has 0 saturated heterocycles. The van der Waals surface area contributed by atoms with Gasteiger partial charge < -0.3 is 0 Å². The summed E-state index contributed by atoms with van der Waals surface area (Å²) in [5, 5.41) is 0. The molecule has 118 valence electrons. The van der Waals surface area contributed by atoms with E-state index in [1.54, 1.807) is 0 Å². The molecular formula is C23H26. The zero-order valence-corrected chi connectivity index (χ0v) is 14.9. The molecule has 3 rings (SSSR count). The van der Waals surface area contributed by atoms with E-state index in [-0.39, 0.29) is 0 Å². The minimum atomic E-state index is 0.391. The number of benzene rings is 2. The highest BCUT2D eigenvalue weighted by molar-refractivity contribution is 5.48. The number of rotatable bonds is 3. The summed E-state index contributed by atoms with van der Waals surface area (Å²) >= 11 is 0. The Bertz CT molecular complexity index is 744. The number of hydrogen-bond acceptors (Lipinski definition) is 0. The van der Waals surface area contributed by atoms with Crippen LogP contribution in [0.5, 0.6) is 0 Å². The lowest BCUT2D eigenvalue weighted by Gasteiger charge is -2.26. The smallest absolute Gasteiger partial charge is 0.0190 e. The second-order valence-electron chi connectivity index (χ2n) is 6.99. The van der Waals surface area contributed by atoms with E-state index in [4.69, 9.17) is 0 Å².